The average Bonchev–Trinajstić information content (AvgIpc) is 2.63. The lowest BCUT2D eigenvalue weighted by molar-refractivity contribution is -0.159. The van der Waals surface area contributed by atoms with Crippen LogP contribution in [0.2, 0.25) is 0 Å². The lowest BCUT2D eigenvalue weighted by Crippen LogP contribution is -2.54. The normalized spacial score (nSPS) is 21.0. The molecule has 2 heterocycles. The molecule has 2 saturated heterocycles. The van der Waals surface area contributed by atoms with Gasteiger partial charge in [-0.15, -0.1) is 0 Å². The van der Waals surface area contributed by atoms with E-state index in [4.69, 9.17) is 19.8 Å². The summed E-state index contributed by atoms with van der Waals surface area (Å²) in [5.74, 6) is -3.42. The summed E-state index contributed by atoms with van der Waals surface area (Å²) in [6, 6.07) is 0.662. The maximum absolute atomic E-state index is 11.9. The van der Waals surface area contributed by atoms with Gasteiger partial charge in [0.1, 0.15) is 0 Å². The van der Waals surface area contributed by atoms with Gasteiger partial charge in [-0.3, -0.25) is 4.90 Å². The molecule has 0 amide bonds. The van der Waals surface area contributed by atoms with Crippen LogP contribution in [-0.4, -0.2) is 102 Å². The Morgan fingerprint density at radius 2 is 1.42 bits per heavy atom. The Hall–Kier alpha value is -1.23. The van der Waals surface area contributed by atoms with Crippen molar-refractivity contribution in [2.75, 3.05) is 51.6 Å². The number of carboxylic acids is 2. The number of piperidine rings is 1. The molecule has 0 saturated carbocycles. The summed E-state index contributed by atoms with van der Waals surface area (Å²) in [5, 5.41) is 14.8. The summed E-state index contributed by atoms with van der Waals surface area (Å²) >= 11 is 0. The van der Waals surface area contributed by atoms with Gasteiger partial charge in [0.05, 0.1) is 5.75 Å². The van der Waals surface area contributed by atoms with Crippen molar-refractivity contribution in [1.29, 1.82) is 0 Å². The summed E-state index contributed by atoms with van der Waals surface area (Å²) < 4.78 is 25.4. The van der Waals surface area contributed by atoms with E-state index in [9.17, 15) is 8.42 Å². The number of nitrogens with zero attached hydrogens (tertiary/aromatic N) is 3. The third kappa shape index (κ3) is 7.18. The van der Waals surface area contributed by atoms with Gasteiger partial charge in [-0.25, -0.2) is 18.0 Å². The number of carbonyl (C=O) groups is 2. The predicted molar refractivity (Wildman–Crippen MR) is 97.6 cm³/mol. The molecule has 2 rings (SSSR count). The second kappa shape index (κ2) is 10.8. The van der Waals surface area contributed by atoms with Crippen molar-refractivity contribution in [3.8, 4) is 0 Å². The number of likely N-dealkylation sites (tertiary alicyclic amines) is 1. The van der Waals surface area contributed by atoms with Crippen LogP contribution in [0.3, 0.4) is 0 Å². The Morgan fingerprint density at radius 1 is 0.923 bits per heavy atom. The van der Waals surface area contributed by atoms with Crippen molar-refractivity contribution < 1.29 is 28.2 Å². The zero-order valence-electron chi connectivity index (χ0n) is 15.6. The Balaban J connectivity index is 0.000000487. The standard InChI is InChI=1S/C14H29N3O2S.C2H2O4/c1-3-7-15-8-5-14(6-9-15)16-10-12-17(13-11-16)20(18,19)4-2;3-1(4)2(5)6/h14H,3-13H2,1-2H3;(H,3,4)(H,5,6). The van der Waals surface area contributed by atoms with Crippen LogP contribution >= 0.6 is 0 Å². The molecule has 0 bridgehead atoms. The van der Waals surface area contributed by atoms with Crippen molar-refractivity contribution in [3.05, 3.63) is 0 Å². The molecular formula is C16H31N3O6S. The highest BCUT2D eigenvalue weighted by molar-refractivity contribution is 7.89. The molecule has 0 radical (unpaired) electrons. The largest absolute Gasteiger partial charge is 0.473 e. The summed E-state index contributed by atoms with van der Waals surface area (Å²) in [5.41, 5.74) is 0. The molecule has 0 aromatic carbocycles. The summed E-state index contributed by atoms with van der Waals surface area (Å²) in [7, 11) is -2.99. The van der Waals surface area contributed by atoms with E-state index < -0.39 is 22.0 Å². The number of aliphatic carboxylic acids is 2. The lowest BCUT2D eigenvalue weighted by atomic mass is 10.0. The summed E-state index contributed by atoms with van der Waals surface area (Å²) in [6.07, 6.45) is 3.71. The quantitative estimate of drug-likeness (QED) is 0.626. The zero-order valence-corrected chi connectivity index (χ0v) is 16.4. The molecule has 0 aromatic rings. The first kappa shape index (κ1) is 22.8. The number of rotatable bonds is 5. The van der Waals surface area contributed by atoms with Crippen molar-refractivity contribution in [2.24, 2.45) is 0 Å². The second-order valence-corrected chi connectivity index (χ2v) is 8.78. The number of piperazine rings is 1. The maximum Gasteiger partial charge on any atom is 0.414 e. The van der Waals surface area contributed by atoms with Crippen LogP contribution in [-0.2, 0) is 19.6 Å². The Morgan fingerprint density at radius 3 is 1.81 bits per heavy atom. The van der Waals surface area contributed by atoms with Gasteiger partial charge < -0.3 is 15.1 Å². The van der Waals surface area contributed by atoms with Gasteiger partial charge in [0.15, 0.2) is 0 Å². The average molecular weight is 394 g/mol. The smallest absolute Gasteiger partial charge is 0.414 e. The van der Waals surface area contributed by atoms with Crippen molar-refractivity contribution in [2.45, 2.75) is 39.2 Å². The maximum atomic E-state index is 11.9. The predicted octanol–water partition coefficient (Wildman–Crippen LogP) is -0.0163. The number of sulfonamides is 1. The Bertz CT molecular complexity index is 540. The summed E-state index contributed by atoms with van der Waals surface area (Å²) in [4.78, 5) is 23.3. The number of carboxylic acid groups (broad SMARTS) is 2. The van der Waals surface area contributed by atoms with Crippen molar-refractivity contribution in [3.63, 3.8) is 0 Å². The van der Waals surface area contributed by atoms with E-state index in [1.165, 1.54) is 38.9 Å². The van der Waals surface area contributed by atoms with Gasteiger partial charge in [0, 0.05) is 32.2 Å². The molecule has 26 heavy (non-hydrogen) atoms. The van der Waals surface area contributed by atoms with E-state index in [0.717, 1.165) is 13.1 Å². The van der Waals surface area contributed by atoms with Gasteiger partial charge in [0.2, 0.25) is 10.0 Å². The van der Waals surface area contributed by atoms with Crippen LogP contribution in [0.4, 0.5) is 0 Å². The molecule has 0 atom stereocenters. The molecule has 9 nitrogen and oxygen atoms in total. The fraction of sp³-hybridized carbons (Fsp3) is 0.875. The van der Waals surface area contributed by atoms with Gasteiger partial charge in [-0.1, -0.05) is 6.92 Å². The molecule has 2 aliphatic rings. The monoisotopic (exact) mass is 393 g/mol. The third-order valence-electron chi connectivity index (χ3n) is 4.83. The van der Waals surface area contributed by atoms with Crippen molar-refractivity contribution >= 4 is 22.0 Å². The first-order valence-electron chi connectivity index (χ1n) is 9.11. The lowest BCUT2D eigenvalue weighted by Gasteiger charge is -2.42. The van der Waals surface area contributed by atoms with E-state index in [-0.39, 0.29) is 5.75 Å². The van der Waals surface area contributed by atoms with Crippen LogP contribution in [0.5, 0.6) is 0 Å². The Labute approximate surface area is 155 Å². The molecule has 152 valence electrons. The first-order chi connectivity index (χ1) is 12.2. The van der Waals surface area contributed by atoms with Crippen LogP contribution in [0.25, 0.3) is 0 Å². The zero-order chi connectivity index (χ0) is 19.7. The summed E-state index contributed by atoms with van der Waals surface area (Å²) in [6.45, 7) is 10.7. The van der Waals surface area contributed by atoms with E-state index in [0.29, 0.717) is 19.1 Å². The minimum absolute atomic E-state index is 0.225. The van der Waals surface area contributed by atoms with E-state index in [1.54, 1.807) is 11.2 Å². The molecular weight excluding hydrogens is 362 g/mol. The number of hydrogen-bond acceptors (Lipinski definition) is 6. The second-order valence-electron chi connectivity index (χ2n) is 6.52. The van der Waals surface area contributed by atoms with Crippen molar-refractivity contribution in [1.82, 2.24) is 14.1 Å². The van der Waals surface area contributed by atoms with Gasteiger partial charge in [-0.2, -0.15) is 4.31 Å². The van der Waals surface area contributed by atoms with Crippen LogP contribution in [0.1, 0.15) is 33.1 Å². The van der Waals surface area contributed by atoms with E-state index in [2.05, 4.69) is 16.7 Å². The van der Waals surface area contributed by atoms with E-state index in [1.807, 2.05) is 0 Å². The topological polar surface area (TPSA) is 118 Å². The third-order valence-corrected chi connectivity index (χ3v) is 6.71. The van der Waals surface area contributed by atoms with Gasteiger partial charge in [-0.05, 0) is 45.8 Å². The number of hydrogen-bond donors (Lipinski definition) is 2. The minimum Gasteiger partial charge on any atom is -0.473 e. The molecule has 2 N–H and O–H groups in total. The molecule has 0 aromatic heterocycles. The molecule has 0 aliphatic carbocycles. The van der Waals surface area contributed by atoms with Gasteiger partial charge in [0.25, 0.3) is 0 Å². The SMILES string of the molecule is CCCN1CCC(N2CCN(S(=O)(=O)CC)CC2)CC1.O=C(O)C(=O)O. The minimum atomic E-state index is -2.99. The van der Waals surface area contributed by atoms with Crippen LogP contribution in [0, 0.1) is 0 Å². The molecule has 2 fully saturated rings. The molecule has 0 spiro atoms. The van der Waals surface area contributed by atoms with E-state index >= 15 is 0 Å². The highest BCUT2D eigenvalue weighted by Crippen LogP contribution is 2.19. The Kier molecular flexibility index (Phi) is 9.48. The fourth-order valence-electron chi connectivity index (χ4n) is 3.35. The van der Waals surface area contributed by atoms with Crippen LogP contribution in [0.15, 0.2) is 0 Å². The fourth-order valence-corrected chi connectivity index (χ4v) is 4.44. The molecule has 0 unspecified atom stereocenters. The molecule has 2 aliphatic heterocycles. The van der Waals surface area contributed by atoms with Crippen LogP contribution < -0.4 is 0 Å². The van der Waals surface area contributed by atoms with Gasteiger partial charge >= 0.3 is 11.9 Å². The molecule has 10 heteroatoms. The highest BCUT2D eigenvalue weighted by Gasteiger charge is 2.30. The first-order valence-corrected chi connectivity index (χ1v) is 10.7. The highest BCUT2D eigenvalue weighted by atomic mass is 32.2.